The van der Waals surface area contributed by atoms with Gasteiger partial charge >= 0.3 is 0 Å². The first kappa shape index (κ1) is 13.7. The van der Waals surface area contributed by atoms with Gasteiger partial charge in [0.05, 0.1) is 10.0 Å². The van der Waals surface area contributed by atoms with Crippen molar-refractivity contribution in [3.05, 3.63) is 40.9 Å². The zero-order valence-electron chi connectivity index (χ0n) is 10.3. The molecule has 1 aromatic carbocycles. The van der Waals surface area contributed by atoms with E-state index in [1.807, 2.05) is 24.3 Å². The first-order chi connectivity index (χ1) is 8.70. The molecule has 18 heavy (non-hydrogen) atoms. The molecule has 2 unspecified atom stereocenters. The van der Waals surface area contributed by atoms with Crippen molar-refractivity contribution in [3.63, 3.8) is 0 Å². The molecule has 4 heteroatoms. The van der Waals surface area contributed by atoms with Crippen molar-refractivity contribution in [2.24, 2.45) is 0 Å². The molecule has 0 radical (unpaired) electrons. The third kappa shape index (κ3) is 3.41. The van der Waals surface area contributed by atoms with Crippen molar-refractivity contribution < 1.29 is 0 Å². The molecule has 0 saturated heterocycles. The Morgan fingerprint density at radius 1 is 1.22 bits per heavy atom. The molecule has 2 nitrogen and oxygen atoms in total. The van der Waals surface area contributed by atoms with Crippen molar-refractivity contribution >= 4 is 28.9 Å². The molecule has 0 aliphatic heterocycles. The SMILES string of the molecule is C=CCNC1CCCC1Nc1ccc(Cl)c(Cl)c1. The highest BCUT2D eigenvalue weighted by Crippen LogP contribution is 2.28. The first-order valence-electron chi connectivity index (χ1n) is 6.26. The minimum Gasteiger partial charge on any atom is -0.381 e. The van der Waals surface area contributed by atoms with E-state index in [1.165, 1.54) is 19.3 Å². The molecular formula is C14H18Cl2N2. The second-order valence-corrected chi connectivity index (χ2v) is 5.43. The summed E-state index contributed by atoms with van der Waals surface area (Å²) in [4.78, 5) is 0. The fraction of sp³-hybridized carbons (Fsp3) is 0.429. The average molecular weight is 285 g/mol. The molecule has 1 aliphatic carbocycles. The molecule has 2 rings (SSSR count). The molecule has 0 amide bonds. The fourth-order valence-corrected chi connectivity index (χ4v) is 2.71. The van der Waals surface area contributed by atoms with Crippen molar-refractivity contribution in [2.45, 2.75) is 31.3 Å². The van der Waals surface area contributed by atoms with Crippen LogP contribution in [0, 0.1) is 0 Å². The molecule has 1 aliphatic rings. The van der Waals surface area contributed by atoms with Gasteiger partial charge < -0.3 is 10.6 Å². The summed E-state index contributed by atoms with van der Waals surface area (Å²) < 4.78 is 0. The maximum atomic E-state index is 6.02. The highest BCUT2D eigenvalue weighted by molar-refractivity contribution is 6.42. The lowest BCUT2D eigenvalue weighted by molar-refractivity contribution is 0.520. The molecule has 0 aromatic heterocycles. The van der Waals surface area contributed by atoms with Gasteiger partial charge in [-0.15, -0.1) is 6.58 Å². The molecule has 2 atom stereocenters. The van der Waals surface area contributed by atoms with Crippen LogP contribution in [0.15, 0.2) is 30.9 Å². The minimum absolute atomic E-state index is 0.446. The summed E-state index contributed by atoms with van der Waals surface area (Å²) >= 11 is 11.9. The predicted octanol–water partition coefficient (Wildman–Crippen LogP) is 4.10. The molecule has 98 valence electrons. The van der Waals surface area contributed by atoms with Gasteiger partial charge in [-0.05, 0) is 37.5 Å². The summed E-state index contributed by atoms with van der Waals surface area (Å²) in [6.45, 7) is 4.59. The predicted molar refractivity (Wildman–Crippen MR) is 79.7 cm³/mol. The number of anilines is 1. The van der Waals surface area contributed by atoms with Gasteiger partial charge in [0, 0.05) is 24.3 Å². The zero-order valence-corrected chi connectivity index (χ0v) is 11.8. The molecule has 0 bridgehead atoms. The Balaban J connectivity index is 1.98. The second-order valence-electron chi connectivity index (χ2n) is 4.61. The van der Waals surface area contributed by atoms with Gasteiger partial charge in [-0.1, -0.05) is 29.3 Å². The van der Waals surface area contributed by atoms with E-state index in [9.17, 15) is 0 Å². The standard InChI is InChI=1S/C14H18Cl2N2/c1-2-8-17-13-4-3-5-14(13)18-10-6-7-11(15)12(16)9-10/h2,6-7,9,13-14,17-18H,1,3-5,8H2. The van der Waals surface area contributed by atoms with Crippen LogP contribution in [-0.2, 0) is 0 Å². The highest BCUT2D eigenvalue weighted by Gasteiger charge is 2.26. The van der Waals surface area contributed by atoms with Crippen molar-refractivity contribution in [2.75, 3.05) is 11.9 Å². The van der Waals surface area contributed by atoms with E-state index in [-0.39, 0.29) is 0 Å². The Hall–Kier alpha value is -0.700. The van der Waals surface area contributed by atoms with Crippen LogP contribution in [0.4, 0.5) is 5.69 Å². The third-order valence-electron chi connectivity index (χ3n) is 3.31. The van der Waals surface area contributed by atoms with Crippen molar-refractivity contribution in [3.8, 4) is 0 Å². The van der Waals surface area contributed by atoms with Crippen molar-refractivity contribution in [1.29, 1.82) is 0 Å². The summed E-state index contributed by atoms with van der Waals surface area (Å²) in [7, 11) is 0. The van der Waals surface area contributed by atoms with Gasteiger partial charge in [-0.2, -0.15) is 0 Å². The van der Waals surface area contributed by atoms with Crippen LogP contribution in [0.3, 0.4) is 0 Å². The summed E-state index contributed by atoms with van der Waals surface area (Å²) in [6.07, 6.45) is 5.52. The molecule has 0 spiro atoms. The van der Waals surface area contributed by atoms with E-state index in [2.05, 4.69) is 17.2 Å². The highest BCUT2D eigenvalue weighted by atomic mass is 35.5. The van der Waals surface area contributed by atoms with E-state index in [0.29, 0.717) is 22.1 Å². The minimum atomic E-state index is 0.446. The molecule has 0 heterocycles. The topological polar surface area (TPSA) is 24.1 Å². The second kappa shape index (κ2) is 6.46. The van der Waals surface area contributed by atoms with Crippen molar-refractivity contribution in [1.82, 2.24) is 5.32 Å². The number of hydrogen-bond acceptors (Lipinski definition) is 2. The number of rotatable bonds is 5. The molecule has 1 fully saturated rings. The largest absolute Gasteiger partial charge is 0.381 e. The monoisotopic (exact) mass is 284 g/mol. The van der Waals surface area contributed by atoms with Gasteiger partial charge in [0.1, 0.15) is 0 Å². The lowest BCUT2D eigenvalue weighted by Gasteiger charge is -2.23. The van der Waals surface area contributed by atoms with E-state index in [4.69, 9.17) is 23.2 Å². The molecule has 1 saturated carbocycles. The number of hydrogen-bond donors (Lipinski definition) is 2. The lowest BCUT2D eigenvalue weighted by atomic mass is 10.1. The van der Waals surface area contributed by atoms with E-state index >= 15 is 0 Å². The maximum absolute atomic E-state index is 6.02. The van der Waals surface area contributed by atoms with Crippen LogP contribution in [0.5, 0.6) is 0 Å². The van der Waals surface area contributed by atoms with E-state index in [1.54, 1.807) is 0 Å². The molecule has 2 N–H and O–H groups in total. The Labute approximate surface area is 118 Å². The maximum Gasteiger partial charge on any atom is 0.0612 e. The van der Waals surface area contributed by atoms with Crippen LogP contribution in [0.2, 0.25) is 10.0 Å². The Bertz CT molecular complexity index is 420. The number of nitrogens with one attached hydrogen (secondary N) is 2. The number of benzene rings is 1. The molecular weight excluding hydrogens is 267 g/mol. The first-order valence-corrected chi connectivity index (χ1v) is 7.02. The summed E-state index contributed by atoms with van der Waals surface area (Å²) in [5, 5.41) is 8.20. The Kier molecular flexibility index (Phi) is 4.93. The third-order valence-corrected chi connectivity index (χ3v) is 4.05. The van der Waals surface area contributed by atoms with Gasteiger partial charge in [-0.25, -0.2) is 0 Å². The van der Waals surface area contributed by atoms with Gasteiger partial charge in [-0.3, -0.25) is 0 Å². The van der Waals surface area contributed by atoms with Gasteiger partial charge in [0.25, 0.3) is 0 Å². The number of halogens is 2. The summed E-state index contributed by atoms with van der Waals surface area (Å²) in [5.41, 5.74) is 1.03. The van der Waals surface area contributed by atoms with E-state index < -0.39 is 0 Å². The van der Waals surface area contributed by atoms with Gasteiger partial charge in [0.2, 0.25) is 0 Å². The zero-order chi connectivity index (χ0) is 13.0. The summed E-state index contributed by atoms with van der Waals surface area (Å²) in [5.74, 6) is 0. The van der Waals surface area contributed by atoms with Gasteiger partial charge in [0.15, 0.2) is 0 Å². The summed E-state index contributed by atoms with van der Waals surface area (Å²) in [6, 6.07) is 6.62. The van der Waals surface area contributed by atoms with E-state index in [0.717, 1.165) is 12.2 Å². The average Bonchev–Trinajstić information content (AvgIpc) is 2.79. The molecule has 1 aromatic rings. The normalized spacial score (nSPS) is 23.0. The Morgan fingerprint density at radius 2 is 2.00 bits per heavy atom. The smallest absolute Gasteiger partial charge is 0.0612 e. The van der Waals surface area contributed by atoms with Crippen LogP contribution in [-0.4, -0.2) is 18.6 Å². The fourth-order valence-electron chi connectivity index (χ4n) is 2.41. The lowest BCUT2D eigenvalue weighted by Crippen LogP contribution is -2.40. The quantitative estimate of drug-likeness (QED) is 0.796. The van der Waals surface area contributed by atoms with Crippen LogP contribution < -0.4 is 10.6 Å². The van der Waals surface area contributed by atoms with Crippen LogP contribution >= 0.6 is 23.2 Å². The Morgan fingerprint density at radius 3 is 2.72 bits per heavy atom. The van der Waals surface area contributed by atoms with Crippen LogP contribution in [0.1, 0.15) is 19.3 Å². The van der Waals surface area contributed by atoms with Crippen LogP contribution in [0.25, 0.3) is 0 Å².